The first kappa shape index (κ1) is 20.7. The molecule has 2 aromatic rings. The molecule has 0 radical (unpaired) electrons. The quantitative estimate of drug-likeness (QED) is 0.760. The number of alkyl halides is 6. The molecule has 0 saturated heterocycles. The first-order valence-electron chi connectivity index (χ1n) is 8.04. The number of carboxylic acids is 1. The van der Waals surface area contributed by atoms with Crippen LogP contribution >= 0.6 is 0 Å². The molecule has 6 nitrogen and oxygen atoms in total. The molecule has 1 aromatic carbocycles. The Hall–Kier alpha value is -3.05. The zero-order valence-electron chi connectivity index (χ0n) is 14.9. The monoisotopic (exact) mass is 421 g/mol. The lowest BCUT2D eigenvalue weighted by atomic mass is 9.89. The van der Waals surface area contributed by atoms with Crippen molar-refractivity contribution in [3.8, 4) is 0 Å². The molecule has 0 spiro atoms. The van der Waals surface area contributed by atoms with Crippen LogP contribution in [0.4, 0.5) is 26.3 Å². The van der Waals surface area contributed by atoms with E-state index in [-0.39, 0.29) is 28.5 Å². The Balaban J connectivity index is 2.03. The van der Waals surface area contributed by atoms with Crippen molar-refractivity contribution >= 4 is 11.7 Å². The van der Waals surface area contributed by atoms with E-state index in [2.05, 4.69) is 10.3 Å². The molecule has 156 valence electrons. The van der Waals surface area contributed by atoms with Gasteiger partial charge in [0.1, 0.15) is 0 Å². The molecule has 0 aliphatic carbocycles. The lowest BCUT2D eigenvalue weighted by Gasteiger charge is -2.28. The van der Waals surface area contributed by atoms with Gasteiger partial charge in [-0.05, 0) is 36.2 Å². The second-order valence-corrected chi connectivity index (χ2v) is 6.50. The summed E-state index contributed by atoms with van der Waals surface area (Å²) >= 11 is 0. The van der Waals surface area contributed by atoms with E-state index in [0.29, 0.717) is 4.68 Å². The average molecular weight is 421 g/mol. The number of halogens is 6. The van der Waals surface area contributed by atoms with Crippen molar-refractivity contribution in [2.45, 2.75) is 31.3 Å². The van der Waals surface area contributed by atoms with E-state index >= 15 is 0 Å². The molecular formula is C17H13F6N3O3. The van der Waals surface area contributed by atoms with Gasteiger partial charge in [0.25, 0.3) is 5.60 Å². The van der Waals surface area contributed by atoms with E-state index < -0.39 is 41.7 Å². The van der Waals surface area contributed by atoms with Crippen LogP contribution in [0.2, 0.25) is 0 Å². The summed E-state index contributed by atoms with van der Waals surface area (Å²) in [4.78, 5) is 15.8. The van der Waals surface area contributed by atoms with Crippen molar-refractivity contribution in [1.29, 1.82) is 0 Å². The Labute approximate surface area is 159 Å². The minimum Gasteiger partial charge on any atom is -0.478 e. The van der Waals surface area contributed by atoms with Crippen molar-refractivity contribution in [3.63, 3.8) is 0 Å². The zero-order valence-corrected chi connectivity index (χ0v) is 14.9. The normalized spacial score (nSPS) is 19.8. The first-order valence-corrected chi connectivity index (χ1v) is 8.04. The number of oxime groups is 1. The molecule has 1 aliphatic rings. The molecular weight excluding hydrogens is 408 g/mol. The third-order valence-electron chi connectivity index (χ3n) is 4.56. The lowest BCUT2D eigenvalue weighted by molar-refractivity contribution is -0.278. The molecule has 1 aromatic heterocycles. The Morgan fingerprint density at radius 1 is 1.21 bits per heavy atom. The molecule has 1 unspecified atom stereocenters. The topological polar surface area (TPSA) is 76.7 Å². The standard InChI is InChI=1S/C17H13F6N3O3/c1-8-5-9(3-4-10(8)14(27)28)11-7-15(29-25-11,17(21,22)23)13-6-12(16(18,19)20)24-26(13)2/h3-6H,7H2,1-2H3,(H,27,28). The van der Waals surface area contributed by atoms with Crippen LogP contribution in [0, 0.1) is 6.92 Å². The maximum absolute atomic E-state index is 13.9. The Bertz CT molecular complexity index is 1010. The van der Waals surface area contributed by atoms with Crippen LogP contribution in [0.25, 0.3) is 0 Å². The third kappa shape index (κ3) is 3.42. The fourth-order valence-electron chi connectivity index (χ4n) is 3.09. The van der Waals surface area contributed by atoms with E-state index in [1.54, 1.807) is 0 Å². The van der Waals surface area contributed by atoms with Gasteiger partial charge in [-0.3, -0.25) is 4.68 Å². The summed E-state index contributed by atoms with van der Waals surface area (Å²) in [6, 6.07) is 4.07. The molecule has 1 N–H and O–H groups in total. The number of rotatable bonds is 3. The lowest BCUT2D eigenvalue weighted by Crippen LogP contribution is -2.44. The van der Waals surface area contributed by atoms with Gasteiger partial charge in [-0.2, -0.15) is 31.4 Å². The fraction of sp³-hybridized carbons (Fsp3) is 0.353. The van der Waals surface area contributed by atoms with Crippen LogP contribution in [0.15, 0.2) is 29.4 Å². The Morgan fingerprint density at radius 3 is 2.34 bits per heavy atom. The van der Waals surface area contributed by atoms with Crippen LogP contribution in [-0.4, -0.2) is 32.7 Å². The number of aryl methyl sites for hydroxylation is 2. The molecule has 0 saturated carbocycles. The van der Waals surface area contributed by atoms with Gasteiger partial charge in [-0.1, -0.05) is 11.2 Å². The predicted octanol–water partition coefficient (Wildman–Crippen LogP) is 4.03. The fourth-order valence-corrected chi connectivity index (χ4v) is 3.09. The molecule has 3 rings (SSSR count). The molecule has 0 amide bonds. The van der Waals surface area contributed by atoms with Gasteiger partial charge in [0.05, 0.1) is 23.4 Å². The highest BCUT2D eigenvalue weighted by Gasteiger charge is 2.64. The third-order valence-corrected chi connectivity index (χ3v) is 4.56. The minimum atomic E-state index is -5.11. The highest BCUT2D eigenvalue weighted by molar-refractivity contribution is 6.03. The van der Waals surface area contributed by atoms with Gasteiger partial charge < -0.3 is 9.94 Å². The second-order valence-electron chi connectivity index (χ2n) is 6.50. The summed E-state index contributed by atoms with van der Waals surface area (Å²) in [7, 11) is 0.950. The molecule has 1 atom stereocenters. The Kier molecular flexibility index (Phi) is 4.63. The molecule has 1 aliphatic heterocycles. The summed E-state index contributed by atoms with van der Waals surface area (Å²) < 4.78 is 81.0. The van der Waals surface area contributed by atoms with E-state index in [1.807, 2.05) is 0 Å². The molecule has 2 heterocycles. The number of aromatic nitrogens is 2. The van der Waals surface area contributed by atoms with Gasteiger partial charge >= 0.3 is 18.3 Å². The largest absolute Gasteiger partial charge is 0.478 e. The van der Waals surface area contributed by atoms with E-state index in [9.17, 15) is 31.1 Å². The van der Waals surface area contributed by atoms with Crippen molar-refractivity contribution in [2.75, 3.05) is 0 Å². The highest BCUT2D eigenvalue weighted by Crippen LogP contribution is 2.49. The number of hydrogen-bond acceptors (Lipinski definition) is 4. The van der Waals surface area contributed by atoms with Crippen molar-refractivity contribution in [2.24, 2.45) is 12.2 Å². The summed E-state index contributed by atoms with van der Waals surface area (Å²) in [5.74, 6) is -1.21. The number of carboxylic acid groups (broad SMARTS) is 1. The first-order chi connectivity index (χ1) is 13.3. The number of nitrogens with zero attached hydrogens (tertiary/aromatic N) is 3. The summed E-state index contributed by atoms with van der Waals surface area (Å²) in [5, 5.41) is 15.6. The van der Waals surface area contributed by atoms with Crippen molar-refractivity contribution in [1.82, 2.24) is 9.78 Å². The maximum Gasteiger partial charge on any atom is 0.437 e. The minimum absolute atomic E-state index is 0.0446. The highest BCUT2D eigenvalue weighted by atomic mass is 19.4. The zero-order chi connectivity index (χ0) is 21.8. The SMILES string of the molecule is Cc1cc(C2=NOC(c3cc(C(F)(F)F)nn3C)(C(F)(F)F)C2)ccc1C(=O)O. The molecule has 12 heteroatoms. The number of aromatic carboxylic acids is 1. The van der Waals surface area contributed by atoms with Crippen molar-refractivity contribution < 1.29 is 41.1 Å². The average Bonchev–Trinajstić information content (AvgIpc) is 3.18. The number of hydrogen-bond donors (Lipinski definition) is 1. The molecule has 29 heavy (non-hydrogen) atoms. The van der Waals surface area contributed by atoms with Gasteiger partial charge in [0.2, 0.25) is 0 Å². The molecule has 0 bridgehead atoms. The summed E-state index contributed by atoms with van der Waals surface area (Å²) in [6.45, 7) is 1.46. The van der Waals surface area contributed by atoms with Crippen LogP contribution < -0.4 is 0 Å². The van der Waals surface area contributed by atoms with Crippen LogP contribution in [0.1, 0.15) is 39.3 Å². The Morgan fingerprint density at radius 2 is 1.86 bits per heavy atom. The van der Waals surface area contributed by atoms with Gasteiger partial charge in [-0.25, -0.2) is 4.79 Å². The second kappa shape index (κ2) is 6.49. The predicted molar refractivity (Wildman–Crippen MR) is 86.3 cm³/mol. The van der Waals surface area contributed by atoms with Crippen molar-refractivity contribution in [3.05, 3.63) is 52.3 Å². The molecule has 0 fully saturated rings. The maximum atomic E-state index is 13.9. The van der Waals surface area contributed by atoms with E-state index in [0.717, 1.165) is 7.05 Å². The van der Waals surface area contributed by atoms with Crippen LogP contribution in [0.5, 0.6) is 0 Å². The van der Waals surface area contributed by atoms with E-state index in [1.165, 1.54) is 25.1 Å². The summed E-state index contributed by atoms with van der Waals surface area (Å²) in [6.07, 6.45) is -10.9. The van der Waals surface area contributed by atoms with E-state index in [4.69, 9.17) is 9.94 Å². The van der Waals surface area contributed by atoms with Crippen LogP contribution in [0.3, 0.4) is 0 Å². The van der Waals surface area contributed by atoms with Gasteiger partial charge in [0.15, 0.2) is 5.69 Å². The smallest absolute Gasteiger partial charge is 0.437 e. The van der Waals surface area contributed by atoms with Gasteiger partial charge in [0, 0.05) is 7.05 Å². The number of benzene rings is 1. The number of carbonyl (C=O) groups is 1. The van der Waals surface area contributed by atoms with Gasteiger partial charge in [-0.15, -0.1) is 0 Å². The van der Waals surface area contributed by atoms with Crippen LogP contribution in [-0.2, 0) is 23.7 Å². The summed E-state index contributed by atoms with van der Waals surface area (Å²) in [5.41, 5.74) is -5.28.